The fraction of sp³-hybridized carbons (Fsp3) is 0.875. The molecular formula is C8H16ClNO3. The van der Waals surface area contributed by atoms with Gasteiger partial charge in [-0.3, -0.25) is 4.79 Å². The highest BCUT2D eigenvalue weighted by molar-refractivity contribution is 6.18. The molecule has 0 spiro atoms. The van der Waals surface area contributed by atoms with Crippen LogP contribution >= 0.6 is 11.6 Å². The minimum Gasteiger partial charge on any atom is -0.469 e. The first kappa shape index (κ1) is 12.7. The summed E-state index contributed by atoms with van der Waals surface area (Å²) in [5, 5.41) is 3.16. The van der Waals surface area contributed by atoms with Crippen LogP contribution in [0.4, 0.5) is 0 Å². The summed E-state index contributed by atoms with van der Waals surface area (Å²) in [6, 6.07) is 0. The highest BCUT2D eigenvalue weighted by Crippen LogP contribution is 1.85. The second-order valence-electron chi connectivity index (χ2n) is 2.38. The number of carbonyl (C=O) groups excluding carboxylic acids is 1. The van der Waals surface area contributed by atoms with Gasteiger partial charge in [-0.2, -0.15) is 0 Å². The summed E-state index contributed by atoms with van der Waals surface area (Å²) in [5.74, 6) is 0.0853. The smallest absolute Gasteiger partial charge is 0.306 e. The Morgan fingerprint density at radius 2 is 2.15 bits per heavy atom. The second-order valence-corrected chi connectivity index (χ2v) is 2.76. The van der Waals surface area contributed by atoms with Crippen molar-refractivity contribution in [1.29, 1.82) is 0 Å². The topological polar surface area (TPSA) is 47.6 Å². The molecule has 0 saturated carbocycles. The molecule has 5 heteroatoms. The van der Waals surface area contributed by atoms with E-state index >= 15 is 0 Å². The Bertz CT molecular complexity index is 117. The number of rotatable bonds is 2. The van der Waals surface area contributed by atoms with E-state index in [-0.39, 0.29) is 5.97 Å². The van der Waals surface area contributed by atoms with Gasteiger partial charge in [0.2, 0.25) is 0 Å². The first-order chi connectivity index (χ1) is 6.31. The van der Waals surface area contributed by atoms with Crippen molar-refractivity contribution in [2.45, 2.75) is 6.42 Å². The summed E-state index contributed by atoms with van der Waals surface area (Å²) in [5.41, 5.74) is 0. The van der Waals surface area contributed by atoms with Gasteiger partial charge in [-0.15, -0.1) is 11.6 Å². The maximum Gasteiger partial charge on any atom is 0.306 e. The van der Waals surface area contributed by atoms with Crippen LogP contribution in [0, 0.1) is 0 Å². The molecule has 1 rings (SSSR count). The maximum atomic E-state index is 10.1. The second kappa shape index (κ2) is 9.77. The molecule has 1 heterocycles. The van der Waals surface area contributed by atoms with E-state index in [9.17, 15) is 4.79 Å². The molecule has 0 aromatic carbocycles. The third-order valence-electron chi connectivity index (χ3n) is 1.37. The van der Waals surface area contributed by atoms with Crippen LogP contribution in [-0.2, 0) is 14.3 Å². The lowest BCUT2D eigenvalue weighted by atomic mass is 10.5. The summed E-state index contributed by atoms with van der Waals surface area (Å²) in [6.07, 6.45) is 0.304. The van der Waals surface area contributed by atoms with Crippen LogP contribution < -0.4 is 5.32 Å². The number of ether oxygens (including phenoxy) is 2. The molecule has 1 fully saturated rings. The van der Waals surface area contributed by atoms with E-state index in [1.165, 1.54) is 7.11 Å². The van der Waals surface area contributed by atoms with Crippen molar-refractivity contribution in [3.63, 3.8) is 0 Å². The van der Waals surface area contributed by atoms with Gasteiger partial charge < -0.3 is 14.8 Å². The number of halogens is 1. The van der Waals surface area contributed by atoms with Crippen LogP contribution in [0.1, 0.15) is 6.42 Å². The van der Waals surface area contributed by atoms with E-state index in [0.29, 0.717) is 12.3 Å². The monoisotopic (exact) mass is 209 g/mol. The highest BCUT2D eigenvalue weighted by Gasteiger charge is 1.94. The van der Waals surface area contributed by atoms with Gasteiger partial charge in [-0.25, -0.2) is 0 Å². The molecule has 0 atom stereocenters. The normalized spacial score (nSPS) is 15.5. The average molecular weight is 210 g/mol. The molecule has 1 aliphatic heterocycles. The van der Waals surface area contributed by atoms with E-state index in [4.69, 9.17) is 16.3 Å². The zero-order valence-electron chi connectivity index (χ0n) is 7.85. The number of morpholine rings is 1. The van der Waals surface area contributed by atoms with E-state index in [0.717, 1.165) is 26.3 Å². The van der Waals surface area contributed by atoms with E-state index < -0.39 is 0 Å². The maximum absolute atomic E-state index is 10.1. The fourth-order valence-electron chi connectivity index (χ4n) is 0.695. The number of nitrogens with one attached hydrogen (secondary N) is 1. The molecule has 0 radical (unpaired) electrons. The van der Waals surface area contributed by atoms with Crippen LogP contribution in [0.25, 0.3) is 0 Å². The Morgan fingerprint density at radius 3 is 2.31 bits per heavy atom. The molecular weight excluding hydrogens is 194 g/mol. The molecule has 0 bridgehead atoms. The number of methoxy groups -OCH3 is 1. The fourth-order valence-corrected chi connectivity index (χ4v) is 0.849. The van der Waals surface area contributed by atoms with Gasteiger partial charge in [-0.1, -0.05) is 0 Å². The lowest BCUT2D eigenvalue weighted by Gasteiger charge is -2.10. The van der Waals surface area contributed by atoms with Crippen LogP contribution in [-0.4, -0.2) is 45.3 Å². The minimum atomic E-state index is -0.255. The van der Waals surface area contributed by atoms with Gasteiger partial charge in [0, 0.05) is 19.0 Å². The van der Waals surface area contributed by atoms with Crippen molar-refractivity contribution < 1.29 is 14.3 Å². The molecule has 4 nitrogen and oxygen atoms in total. The predicted molar refractivity (Wildman–Crippen MR) is 51.0 cm³/mol. The van der Waals surface area contributed by atoms with Gasteiger partial charge >= 0.3 is 5.97 Å². The number of carbonyl (C=O) groups is 1. The summed E-state index contributed by atoms with van der Waals surface area (Å²) in [7, 11) is 1.34. The zero-order valence-corrected chi connectivity index (χ0v) is 8.60. The Balaban J connectivity index is 0.000000223. The van der Waals surface area contributed by atoms with Gasteiger partial charge in [0.1, 0.15) is 0 Å². The predicted octanol–water partition coefficient (Wildman–Crippen LogP) is 0.394. The first-order valence-corrected chi connectivity index (χ1v) is 4.76. The van der Waals surface area contributed by atoms with Crippen molar-refractivity contribution in [2.75, 3.05) is 39.3 Å². The number of alkyl halides is 1. The quantitative estimate of drug-likeness (QED) is 0.528. The summed E-state index contributed by atoms with van der Waals surface area (Å²) >= 11 is 5.17. The third kappa shape index (κ3) is 9.60. The number of hydrogen-bond donors (Lipinski definition) is 1. The molecule has 1 N–H and O–H groups in total. The Hall–Kier alpha value is -0.320. The standard InChI is InChI=1S/C4H7ClO2.C4H9NO/c1-7-4(6)2-3-5;1-3-6-4-2-5-1/h2-3H2,1H3;5H,1-4H2. The van der Waals surface area contributed by atoms with Gasteiger partial charge in [-0.05, 0) is 0 Å². The Morgan fingerprint density at radius 1 is 1.54 bits per heavy atom. The van der Waals surface area contributed by atoms with Gasteiger partial charge in [0.05, 0.1) is 26.7 Å². The molecule has 0 unspecified atom stereocenters. The molecule has 13 heavy (non-hydrogen) atoms. The summed E-state index contributed by atoms with van der Waals surface area (Å²) in [6.45, 7) is 3.83. The van der Waals surface area contributed by atoms with E-state index in [1.807, 2.05) is 0 Å². The summed E-state index contributed by atoms with van der Waals surface area (Å²) in [4.78, 5) is 10.1. The molecule has 0 aliphatic carbocycles. The molecule has 0 aromatic rings. The van der Waals surface area contributed by atoms with Crippen molar-refractivity contribution in [2.24, 2.45) is 0 Å². The van der Waals surface area contributed by atoms with Crippen LogP contribution in [0.5, 0.6) is 0 Å². The molecule has 1 saturated heterocycles. The van der Waals surface area contributed by atoms with Crippen molar-refractivity contribution in [1.82, 2.24) is 5.32 Å². The average Bonchev–Trinajstić information content (AvgIpc) is 2.22. The van der Waals surface area contributed by atoms with Crippen molar-refractivity contribution in [3.05, 3.63) is 0 Å². The van der Waals surface area contributed by atoms with Crippen LogP contribution in [0.2, 0.25) is 0 Å². The molecule has 0 aromatic heterocycles. The SMILES string of the molecule is C1COCCN1.COC(=O)CCCl. The molecule has 0 amide bonds. The number of esters is 1. The molecule has 1 aliphatic rings. The summed E-state index contributed by atoms with van der Waals surface area (Å²) < 4.78 is 9.27. The lowest BCUT2D eigenvalue weighted by molar-refractivity contribution is -0.140. The molecule has 78 valence electrons. The minimum absolute atomic E-state index is 0.255. The van der Waals surface area contributed by atoms with Gasteiger partial charge in [0.25, 0.3) is 0 Å². The van der Waals surface area contributed by atoms with Crippen LogP contribution in [0.15, 0.2) is 0 Å². The van der Waals surface area contributed by atoms with Crippen molar-refractivity contribution >= 4 is 17.6 Å². The van der Waals surface area contributed by atoms with Crippen molar-refractivity contribution in [3.8, 4) is 0 Å². The van der Waals surface area contributed by atoms with E-state index in [1.54, 1.807) is 0 Å². The number of hydrogen-bond acceptors (Lipinski definition) is 4. The Labute approximate surface area is 83.5 Å². The van der Waals surface area contributed by atoms with Crippen LogP contribution in [0.3, 0.4) is 0 Å². The third-order valence-corrected chi connectivity index (χ3v) is 1.56. The largest absolute Gasteiger partial charge is 0.469 e. The lowest BCUT2D eigenvalue weighted by Crippen LogP contribution is -2.30. The first-order valence-electron chi connectivity index (χ1n) is 4.22. The Kier molecular flexibility index (Phi) is 9.53. The van der Waals surface area contributed by atoms with E-state index in [2.05, 4.69) is 10.1 Å². The zero-order chi connectivity index (χ0) is 9.94. The van der Waals surface area contributed by atoms with Gasteiger partial charge in [0.15, 0.2) is 0 Å². The highest BCUT2D eigenvalue weighted by atomic mass is 35.5.